The summed E-state index contributed by atoms with van der Waals surface area (Å²) in [6, 6.07) is 14.5. The first-order chi connectivity index (χ1) is 17.5. The fourth-order valence-corrected chi connectivity index (χ4v) is 6.17. The quantitative estimate of drug-likeness (QED) is 0.390. The van der Waals surface area contributed by atoms with Gasteiger partial charge in [-0.2, -0.15) is 0 Å². The first-order valence-corrected chi connectivity index (χ1v) is 15.6. The minimum atomic E-state index is -3.51. The van der Waals surface area contributed by atoms with Crippen LogP contribution in [-0.4, -0.2) is 50.0 Å². The van der Waals surface area contributed by atoms with E-state index in [-0.39, 0.29) is 30.8 Å². The highest BCUT2D eigenvalue weighted by molar-refractivity contribution is 9.10. The van der Waals surface area contributed by atoms with Crippen LogP contribution in [0.25, 0.3) is 0 Å². The number of anilines is 1. The Morgan fingerprint density at radius 1 is 1.08 bits per heavy atom. The van der Waals surface area contributed by atoms with Gasteiger partial charge >= 0.3 is 0 Å². The molecular formula is C28H38BrN3O4S. The number of carbonyl (C=O) groups excluding carboxylic acids is 2. The average molecular weight is 593 g/mol. The van der Waals surface area contributed by atoms with Gasteiger partial charge in [-0.15, -0.1) is 0 Å². The van der Waals surface area contributed by atoms with Crippen LogP contribution < -0.4 is 9.62 Å². The molecule has 0 aromatic heterocycles. The summed E-state index contributed by atoms with van der Waals surface area (Å²) in [5, 5.41) is 3.14. The van der Waals surface area contributed by atoms with E-state index < -0.39 is 16.1 Å². The number of carbonyl (C=O) groups is 2. The number of nitrogens with zero attached hydrogens (tertiary/aromatic N) is 2. The third-order valence-electron chi connectivity index (χ3n) is 6.80. The molecule has 0 radical (unpaired) electrons. The minimum absolute atomic E-state index is 0.132. The van der Waals surface area contributed by atoms with Crippen molar-refractivity contribution < 1.29 is 18.0 Å². The summed E-state index contributed by atoms with van der Waals surface area (Å²) in [6.45, 7) is 4.16. The van der Waals surface area contributed by atoms with Gasteiger partial charge in [-0.3, -0.25) is 13.9 Å². The van der Waals surface area contributed by atoms with Crippen LogP contribution in [0, 0.1) is 6.92 Å². The maximum absolute atomic E-state index is 13.5. The Morgan fingerprint density at radius 2 is 1.78 bits per heavy atom. The van der Waals surface area contributed by atoms with E-state index in [0.717, 1.165) is 41.3 Å². The number of nitrogens with one attached hydrogen (secondary N) is 1. The highest BCUT2D eigenvalue weighted by Crippen LogP contribution is 2.22. The molecule has 2 aromatic carbocycles. The van der Waals surface area contributed by atoms with Gasteiger partial charge in [-0.05, 0) is 68.5 Å². The molecule has 1 N–H and O–H groups in total. The van der Waals surface area contributed by atoms with E-state index in [2.05, 4.69) is 21.2 Å². The molecule has 202 valence electrons. The summed E-state index contributed by atoms with van der Waals surface area (Å²) in [5.41, 5.74) is 2.46. The zero-order valence-corrected chi connectivity index (χ0v) is 24.4. The third kappa shape index (κ3) is 8.85. The summed E-state index contributed by atoms with van der Waals surface area (Å²) in [7, 11) is -3.51. The van der Waals surface area contributed by atoms with Crippen molar-refractivity contribution in [1.82, 2.24) is 10.2 Å². The van der Waals surface area contributed by atoms with Gasteiger partial charge in [-0.25, -0.2) is 8.42 Å². The highest BCUT2D eigenvalue weighted by Gasteiger charge is 2.28. The summed E-state index contributed by atoms with van der Waals surface area (Å²) >= 11 is 3.48. The van der Waals surface area contributed by atoms with Crippen molar-refractivity contribution >= 4 is 43.5 Å². The van der Waals surface area contributed by atoms with Crippen molar-refractivity contribution in [3.63, 3.8) is 0 Å². The predicted molar refractivity (Wildman–Crippen MR) is 152 cm³/mol. The van der Waals surface area contributed by atoms with Crippen molar-refractivity contribution in [2.75, 3.05) is 17.1 Å². The van der Waals surface area contributed by atoms with E-state index in [4.69, 9.17) is 0 Å². The lowest BCUT2D eigenvalue weighted by Crippen LogP contribution is -2.50. The molecule has 0 spiro atoms. The SMILES string of the molecule is Cc1cccc(N(CCCC(=O)N(Cc2cccc(Br)c2)[C@H](C)C(=O)NC2CCCCC2)S(C)(=O)=O)c1. The Bertz CT molecular complexity index is 1180. The fourth-order valence-electron chi connectivity index (χ4n) is 4.77. The lowest BCUT2D eigenvalue weighted by Gasteiger charge is -2.31. The molecule has 0 aliphatic heterocycles. The van der Waals surface area contributed by atoms with Gasteiger partial charge in [0.1, 0.15) is 6.04 Å². The second-order valence-electron chi connectivity index (χ2n) is 9.95. The van der Waals surface area contributed by atoms with Crippen LogP contribution in [0.2, 0.25) is 0 Å². The molecule has 0 bridgehead atoms. The fraction of sp³-hybridized carbons (Fsp3) is 0.500. The lowest BCUT2D eigenvalue weighted by molar-refractivity contribution is -0.141. The van der Waals surface area contributed by atoms with E-state index in [9.17, 15) is 18.0 Å². The largest absolute Gasteiger partial charge is 0.352 e. The normalized spacial score (nSPS) is 15.1. The van der Waals surface area contributed by atoms with Crippen molar-refractivity contribution in [2.45, 2.75) is 77.4 Å². The zero-order chi connectivity index (χ0) is 27.0. The van der Waals surface area contributed by atoms with Crippen LogP contribution in [0.1, 0.15) is 63.0 Å². The smallest absolute Gasteiger partial charge is 0.242 e. The molecular weight excluding hydrogens is 554 g/mol. The van der Waals surface area contributed by atoms with Crippen LogP contribution in [0.3, 0.4) is 0 Å². The first-order valence-electron chi connectivity index (χ1n) is 12.9. The molecule has 37 heavy (non-hydrogen) atoms. The Kier molecular flexibility index (Phi) is 10.6. The molecule has 0 unspecified atom stereocenters. The molecule has 7 nitrogen and oxygen atoms in total. The third-order valence-corrected chi connectivity index (χ3v) is 8.49. The first kappa shape index (κ1) is 29.2. The standard InChI is InChI=1S/C28H38BrN3O4S/c1-21-10-7-15-26(18-21)32(37(3,35)36)17-9-16-27(33)31(20-23-11-8-12-24(29)19-23)22(2)28(34)30-25-13-5-4-6-14-25/h7-8,10-12,15,18-19,22,25H,4-6,9,13-14,16-17,20H2,1-3H3,(H,30,34)/t22-/m1/s1. The molecule has 1 atom stereocenters. The number of sulfonamides is 1. The Labute approximate surface area is 229 Å². The van der Waals surface area contributed by atoms with Gasteiger partial charge in [0.25, 0.3) is 0 Å². The van der Waals surface area contributed by atoms with Crippen molar-refractivity contribution in [3.8, 4) is 0 Å². The molecule has 2 aromatic rings. The molecule has 2 amide bonds. The molecule has 1 aliphatic carbocycles. The van der Waals surface area contributed by atoms with Crippen molar-refractivity contribution in [2.24, 2.45) is 0 Å². The van der Waals surface area contributed by atoms with E-state index in [0.29, 0.717) is 18.7 Å². The maximum atomic E-state index is 13.5. The summed E-state index contributed by atoms with van der Waals surface area (Å²) in [4.78, 5) is 28.2. The maximum Gasteiger partial charge on any atom is 0.242 e. The highest BCUT2D eigenvalue weighted by atomic mass is 79.9. The van der Waals surface area contributed by atoms with Gasteiger partial charge in [0, 0.05) is 30.0 Å². The molecule has 0 saturated heterocycles. The number of hydrogen-bond acceptors (Lipinski definition) is 4. The van der Waals surface area contributed by atoms with E-state index in [1.165, 1.54) is 17.0 Å². The zero-order valence-electron chi connectivity index (χ0n) is 22.0. The van der Waals surface area contributed by atoms with Crippen LogP contribution in [0.5, 0.6) is 0 Å². The lowest BCUT2D eigenvalue weighted by atomic mass is 9.95. The summed E-state index contributed by atoms with van der Waals surface area (Å²) in [5.74, 6) is -0.322. The van der Waals surface area contributed by atoms with Gasteiger partial charge in [0.15, 0.2) is 0 Å². The summed E-state index contributed by atoms with van der Waals surface area (Å²) < 4.78 is 27.2. The van der Waals surface area contributed by atoms with Gasteiger partial charge in [0.05, 0.1) is 11.9 Å². The molecule has 1 fully saturated rings. The predicted octanol–water partition coefficient (Wildman–Crippen LogP) is 5.17. The monoisotopic (exact) mass is 591 g/mol. The average Bonchev–Trinajstić information content (AvgIpc) is 2.84. The Morgan fingerprint density at radius 3 is 2.43 bits per heavy atom. The van der Waals surface area contributed by atoms with Gasteiger partial charge < -0.3 is 10.2 Å². The van der Waals surface area contributed by atoms with Crippen LogP contribution in [0.15, 0.2) is 53.0 Å². The molecule has 1 aliphatic rings. The number of rotatable bonds is 11. The topological polar surface area (TPSA) is 86.8 Å². The number of aryl methyl sites for hydroxylation is 1. The Hall–Kier alpha value is -2.39. The van der Waals surface area contributed by atoms with E-state index in [1.807, 2.05) is 49.4 Å². The van der Waals surface area contributed by atoms with Crippen LogP contribution in [0.4, 0.5) is 5.69 Å². The number of hydrogen-bond donors (Lipinski definition) is 1. The second-order valence-corrected chi connectivity index (χ2v) is 12.8. The molecule has 9 heteroatoms. The second kappa shape index (κ2) is 13.4. The molecule has 3 rings (SSSR count). The van der Waals surface area contributed by atoms with Crippen molar-refractivity contribution in [3.05, 3.63) is 64.1 Å². The minimum Gasteiger partial charge on any atom is -0.352 e. The number of amides is 2. The van der Waals surface area contributed by atoms with Gasteiger partial charge in [-0.1, -0.05) is 59.5 Å². The van der Waals surface area contributed by atoms with Crippen molar-refractivity contribution in [1.29, 1.82) is 0 Å². The van der Waals surface area contributed by atoms with E-state index in [1.54, 1.807) is 17.9 Å². The number of benzene rings is 2. The van der Waals surface area contributed by atoms with Crippen LogP contribution >= 0.6 is 15.9 Å². The molecule has 0 heterocycles. The van der Waals surface area contributed by atoms with E-state index >= 15 is 0 Å². The molecule has 1 saturated carbocycles. The Balaban J connectivity index is 1.71. The van der Waals surface area contributed by atoms with Crippen LogP contribution in [-0.2, 0) is 26.2 Å². The summed E-state index contributed by atoms with van der Waals surface area (Å²) in [6.07, 6.45) is 7.00. The number of halogens is 1. The van der Waals surface area contributed by atoms with Gasteiger partial charge in [0.2, 0.25) is 21.8 Å².